The molecule has 0 aliphatic rings. The zero-order valence-electron chi connectivity index (χ0n) is 11.4. The Morgan fingerprint density at radius 3 is 2.67 bits per heavy atom. The number of benzene rings is 1. The molecule has 4 heteroatoms. The van der Waals surface area contributed by atoms with E-state index in [-0.39, 0.29) is 0 Å². The Morgan fingerprint density at radius 2 is 2.06 bits per heavy atom. The minimum absolute atomic E-state index is 0.747. The molecule has 0 saturated carbocycles. The fraction of sp³-hybridized carbons (Fsp3) is 0.357. The predicted octanol–water partition coefficient (Wildman–Crippen LogP) is 2.41. The standard InChI is InChI=1S/C14H20N4/c1-11-5-6-12(9-14(11)17(2)3)15-10-13-7-8-18(4)16-13/h5-9,15H,10H2,1-4H3. The van der Waals surface area contributed by atoms with Gasteiger partial charge in [-0.3, -0.25) is 4.68 Å². The summed E-state index contributed by atoms with van der Waals surface area (Å²) in [5.74, 6) is 0. The summed E-state index contributed by atoms with van der Waals surface area (Å²) in [7, 11) is 6.05. The van der Waals surface area contributed by atoms with Crippen LogP contribution < -0.4 is 10.2 Å². The van der Waals surface area contributed by atoms with Crippen molar-refractivity contribution in [3.8, 4) is 0 Å². The number of hydrogen-bond acceptors (Lipinski definition) is 3. The third-order valence-electron chi connectivity index (χ3n) is 2.93. The van der Waals surface area contributed by atoms with Gasteiger partial charge in [-0.15, -0.1) is 0 Å². The molecule has 0 bridgehead atoms. The molecule has 1 aromatic carbocycles. The average Bonchev–Trinajstić information content (AvgIpc) is 2.74. The quantitative estimate of drug-likeness (QED) is 0.896. The van der Waals surface area contributed by atoms with Gasteiger partial charge in [0, 0.05) is 38.7 Å². The van der Waals surface area contributed by atoms with Crippen molar-refractivity contribution >= 4 is 11.4 Å². The van der Waals surface area contributed by atoms with Crippen LogP contribution in [0.5, 0.6) is 0 Å². The zero-order chi connectivity index (χ0) is 13.1. The maximum atomic E-state index is 4.34. The SMILES string of the molecule is Cc1ccc(NCc2ccn(C)n2)cc1N(C)C. The lowest BCUT2D eigenvalue weighted by atomic mass is 10.1. The molecule has 18 heavy (non-hydrogen) atoms. The summed E-state index contributed by atoms with van der Waals surface area (Å²) in [6.45, 7) is 2.87. The lowest BCUT2D eigenvalue weighted by molar-refractivity contribution is 0.747. The van der Waals surface area contributed by atoms with Crippen LogP contribution in [0.3, 0.4) is 0 Å². The summed E-state index contributed by atoms with van der Waals surface area (Å²) in [4.78, 5) is 2.13. The molecule has 0 amide bonds. The predicted molar refractivity (Wildman–Crippen MR) is 76.0 cm³/mol. The van der Waals surface area contributed by atoms with Crippen molar-refractivity contribution in [1.82, 2.24) is 9.78 Å². The van der Waals surface area contributed by atoms with Crippen molar-refractivity contribution < 1.29 is 0 Å². The van der Waals surface area contributed by atoms with Crippen molar-refractivity contribution in [2.75, 3.05) is 24.3 Å². The van der Waals surface area contributed by atoms with E-state index >= 15 is 0 Å². The Bertz CT molecular complexity index is 528. The van der Waals surface area contributed by atoms with E-state index in [1.54, 1.807) is 0 Å². The van der Waals surface area contributed by atoms with E-state index in [0.29, 0.717) is 0 Å². The summed E-state index contributed by atoms with van der Waals surface area (Å²) in [5.41, 5.74) is 4.68. The monoisotopic (exact) mass is 244 g/mol. The van der Waals surface area contributed by atoms with Crippen LogP contribution in [-0.2, 0) is 13.6 Å². The lowest BCUT2D eigenvalue weighted by Gasteiger charge is -2.17. The maximum absolute atomic E-state index is 4.34. The second-order valence-electron chi connectivity index (χ2n) is 4.73. The summed E-state index contributed by atoms with van der Waals surface area (Å²) in [5, 5.41) is 7.74. The molecule has 1 N–H and O–H groups in total. The highest BCUT2D eigenvalue weighted by Gasteiger charge is 2.03. The molecule has 96 valence electrons. The number of aromatic nitrogens is 2. The van der Waals surface area contributed by atoms with Gasteiger partial charge in [0.05, 0.1) is 12.2 Å². The highest BCUT2D eigenvalue weighted by Crippen LogP contribution is 2.22. The van der Waals surface area contributed by atoms with Crippen LogP contribution in [0.2, 0.25) is 0 Å². The highest BCUT2D eigenvalue weighted by atomic mass is 15.3. The van der Waals surface area contributed by atoms with Gasteiger partial charge in [0.15, 0.2) is 0 Å². The van der Waals surface area contributed by atoms with Gasteiger partial charge in [0.1, 0.15) is 0 Å². The van der Waals surface area contributed by atoms with Gasteiger partial charge in [-0.2, -0.15) is 5.10 Å². The van der Waals surface area contributed by atoms with E-state index in [4.69, 9.17) is 0 Å². The first-order valence-electron chi connectivity index (χ1n) is 6.06. The second kappa shape index (κ2) is 5.12. The molecule has 0 fully saturated rings. The minimum atomic E-state index is 0.747. The Kier molecular flexibility index (Phi) is 3.55. The van der Waals surface area contributed by atoms with Crippen molar-refractivity contribution in [3.05, 3.63) is 41.7 Å². The van der Waals surface area contributed by atoms with Gasteiger partial charge in [0.2, 0.25) is 0 Å². The number of aryl methyl sites for hydroxylation is 2. The zero-order valence-corrected chi connectivity index (χ0v) is 11.4. The number of nitrogens with one attached hydrogen (secondary N) is 1. The maximum Gasteiger partial charge on any atom is 0.0815 e. The first-order chi connectivity index (χ1) is 8.56. The number of anilines is 2. The van der Waals surface area contributed by atoms with Crippen LogP contribution in [0.4, 0.5) is 11.4 Å². The summed E-state index contributed by atoms with van der Waals surface area (Å²) >= 11 is 0. The van der Waals surface area contributed by atoms with E-state index in [1.807, 2.05) is 24.0 Å². The molecule has 0 atom stereocenters. The van der Waals surface area contributed by atoms with Gasteiger partial charge in [-0.05, 0) is 30.7 Å². The smallest absolute Gasteiger partial charge is 0.0815 e. The first kappa shape index (κ1) is 12.5. The van der Waals surface area contributed by atoms with E-state index < -0.39 is 0 Å². The average molecular weight is 244 g/mol. The van der Waals surface area contributed by atoms with Crippen LogP contribution in [0.15, 0.2) is 30.5 Å². The Morgan fingerprint density at radius 1 is 1.28 bits per heavy atom. The van der Waals surface area contributed by atoms with Gasteiger partial charge >= 0.3 is 0 Å². The fourth-order valence-corrected chi connectivity index (χ4v) is 1.95. The van der Waals surface area contributed by atoms with Gasteiger partial charge < -0.3 is 10.2 Å². The van der Waals surface area contributed by atoms with Crippen LogP contribution in [0.1, 0.15) is 11.3 Å². The molecule has 0 saturated heterocycles. The molecule has 0 spiro atoms. The molecule has 0 aliphatic heterocycles. The minimum Gasteiger partial charge on any atom is -0.379 e. The molecular weight excluding hydrogens is 224 g/mol. The molecule has 1 aromatic heterocycles. The molecule has 2 aromatic rings. The van der Waals surface area contributed by atoms with Crippen molar-refractivity contribution in [1.29, 1.82) is 0 Å². The third-order valence-corrected chi connectivity index (χ3v) is 2.93. The van der Waals surface area contributed by atoms with Crippen LogP contribution in [0, 0.1) is 6.92 Å². The topological polar surface area (TPSA) is 33.1 Å². The van der Waals surface area contributed by atoms with Gasteiger partial charge in [-0.25, -0.2) is 0 Å². The first-order valence-corrected chi connectivity index (χ1v) is 6.06. The van der Waals surface area contributed by atoms with E-state index in [9.17, 15) is 0 Å². The van der Waals surface area contributed by atoms with Gasteiger partial charge in [-0.1, -0.05) is 6.07 Å². The Balaban J connectivity index is 2.08. The molecule has 0 unspecified atom stereocenters. The number of rotatable bonds is 4. The summed E-state index contributed by atoms with van der Waals surface area (Å²) in [6, 6.07) is 8.42. The summed E-state index contributed by atoms with van der Waals surface area (Å²) in [6.07, 6.45) is 1.96. The lowest BCUT2D eigenvalue weighted by Crippen LogP contribution is -2.11. The van der Waals surface area contributed by atoms with Crippen LogP contribution >= 0.6 is 0 Å². The molecule has 0 aliphatic carbocycles. The second-order valence-corrected chi connectivity index (χ2v) is 4.73. The van der Waals surface area contributed by atoms with Crippen LogP contribution in [0.25, 0.3) is 0 Å². The molecule has 4 nitrogen and oxygen atoms in total. The number of hydrogen-bond donors (Lipinski definition) is 1. The Hall–Kier alpha value is -1.97. The molecule has 2 rings (SSSR count). The normalized spacial score (nSPS) is 10.4. The number of nitrogens with zero attached hydrogens (tertiary/aromatic N) is 3. The molecular formula is C14H20N4. The molecule has 1 heterocycles. The summed E-state index contributed by atoms with van der Waals surface area (Å²) < 4.78 is 1.82. The van der Waals surface area contributed by atoms with Crippen molar-refractivity contribution in [2.24, 2.45) is 7.05 Å². The van der Waals surface area contributed by atoms with E-state index in [0.717, 1.165) is 17.9 Å². The van der Waals surface area contributed by atoms with Crippen LogP contribution in [-0.4, -0.2) is 23.9 Å². The Labute approximate surface area is 108 Å². The van der Waals surface area contributed by atoms with Gasteiger partial charge in [0.25, 0.3) is 0 Å². The third kappa shape index (κ3) is 2.83. The van der Waals surface area contributed by atoms with E-state index in [1.165, 1.54) is 11.3 Å². The fourth-order valence-electron chi connectivity index (χ4n) is 1.95. The largest absolute Gasteiger partial charge is 0.379 e. The van der Waals surface area contributed by atoms with Crippen molar-refractivity contribution in [3.63, 3.8) is 0 Å². The highest BCUT2D eigenvalue weighted by molar-refractivity contribution is 5.61. The van der Waals surface area contributed by atoms with Crippen molar-refractivity contribution in [2.45, 2.75) is 13.5 Å². The molecule has 0 radical (unpaired) electrons. The van der Waals surface area contributed by atoms with E-state index in [2.05, 4.69) is 54.5 Å².